The molecule has 1 aromatic carbocycles. The number of hydrogen-bond donors (Lipinski definition) is 0. The van der Waals surface area contributed by atoms with E-state index in [1.54, 1.807) is 0 Å². The molecule has 0 saturated heterocycles. The van der Waals surface area contributed by atoms with Crippen LogP contribution >= 0.6 is 0 Å². The SMILES string of the molecule is C#CCCCCCC.C#Cc1ccccc1. The molecule has 0 heterocycles. The zero-order chi connectivity index (χ0) is 12.1. The fourth-order valence-corrected chi connectivity index (χ4v) is 1.19. The number of rotatable bonds is 4. The second-order valence-electron chi connectivity index (χ2n) is 3.53. The Hall–Kier alpha value is -1.66. The highest BCUT2D eigenvalue weighted by atomic mass is 13.9. The van der Waals surface area contributed by atoms with E-state index in [9.17, 15) is 0 Å². The lowest BCUT2D eigenvalue weighted by Gasteiger charge is -1.90. The van der Waals surface area contributed by atoms with Crippen LogP contribution in [0.2, 0.25) is 0 Å². The first-order valence-electron chi connectivity index (χ1n) is 5.80. The Labute approximate surface area is 100 Å². The predicted octanol–water partition coefficient (Wildman–Crippen LogP) is 4.26. The topological polar surface area (TPSA) is 0 Å². The Morgan fingerprint density at radius 1 is 1.00 bits per heavy atom. The molecule has 0 nitrogen and oxygen atoms in total. The van der Waals surface area contributed by atoms with Crippen molar-refractivity contribution in [3.8, 4) is 24.7 Å². The molecule has 0 fully saturated rings. The lowest BCUT2D eigenvalue weighted by Crippen LogP contribution is -1.72. The van der Waals surface area contributed by atoms with E-state index in [0.29, 0.717) is 0 Å². The Morgan fingerprint density at radius 3 is 2.12 bits per heavy atom. The van der Waals surface area contributed by atoms with E-state index in [1.807, 2.05) is 30.3 Å². The van der Waals surface area contributed by atoms with Gasteiger partial charge in [-0.05, 0) is 18.6 Å². The highest BCUT2D eigenvalue weighted by molar-refractivity contribution is 5.30. The number of terminal acetylenes is 2. The van der Waals surface area contributed by atoms with Crippen LogP contribution in [0.5, 0.6) is 0 Å². The standard InChI is InChI=1S/C8H6.C8H14/c1-2-8-6-4-3-5-7-8;1-3-5-7-8-6-4-2/h1,3-7H;1H,4-8H2,2H3. The largest absolute Gasteiger partial charge is 0.120 e. The van der Waals surface area contributed by atoms with Crippen molar-refractivity contribution in [3.63, 3.8) is 0 Å². The Balaban J connectivity index is 0.000000281. The van der Waals surface area contributed by atoms with Crippen LogP contribution in [0, 0.1) is 24.7 Å². The van der Waals surface area contributed by atoms with Crippen molar-refractivity contribution in [2.45, 2.75) is 39.0 Å². The third-order valence-electron chi connectivity index (χ3n) is 2.12. The van der Waals surface area contributed by atoms with Gasteiger partial charge in [-0.25, -0.2) is 0 Å². The molecule has 0 N–H and O–H groups in total. The maximum atomic E-state index is 5.10. The first-order valence-corrected chi connectivity index (χ1v) is 5.80. The van der Waals surface area contributed by atoms with Crippen molar-refractivity contribution in [2.75, 3.05) is 0 Å². The van der Waals surface area contributed by atoms with E-state index >= 15 is 0 Å². The highest BCUT2D eigenvalue weighted by Gasteiger charge is 1.81. The van der Waals surface area contributed by atoms with Crippen LogP contribution in [0.4, 0.5) is 0 Å². The molecule has 0 spiro atoms. The minimum atomic E-state index is 0.938. The molecule has 0 unspecified atom stereocenters. The molecule has 1 rings (SSSR count). The molecule has 0 amide bonds. The second-order valence-corrected chi connectivity index (χ2v) is 3.53. The van der Waals surface area contributed by atoms with Crippen LogP contribution in [0.15, 0.2) is 30.3 Å². The molecule has 0 aliphatic rings. The lowest BCUT2D eigenvalue weighted by molar-refractivity contribution is 0.680. The average Bonchev–Trinajstić information content (AvgIpc) is 2.36. The summed E-state index contributed by atoms with van der Waals surface area (Å²) < 4.78 is 0. The smallest absolute Gasteiger partial charge is 0.0242 e. The number of unbranched alkanes of at least 4 members (excludes halogenated alkanes) is 4. The van der Waals surface area contributed by atoms with E-state index in [2.05, 4.69) is 18.8 Å². The molecule has 0 saturated carbocycles. The molecule has 84 valence electrons. The van der Waals surface area contributed by atoms with Crippen LogP contribution in [-0.2, 0) is 0 Å². The van der Waals surface area contributed by atoms with Crippen LogP contribution in [0.3, 0.4) is 0 Å². The molecule has 0 aromatic heterocycles. The summed E-state index contributed by atoms with van der Waals surface area (Å²) in [6, 6.07) is 9.60. The van der Waals surface area contributed by atoms with Gasteiger partial charge in [-0.1, -0.05) is 50.3 Å². The normalized spacial score (nSPS) is 8.19. The molecule has 0 bridgehead atoms. The fourth-order valence-electron chi connectivity index (χ4n) is 1.19. The molecule has 0 radical (unpaired) electrons. The lowest BCUT2D eigenvalue weighted by atomic mass is 10.2. The Morgan fingerprint density at radius 2 is 1.69 bits per heavy atom. The molecule has 1 aromatic rings. The van der Waals surface area contributed by atoms with Crippen molar-refractivity contribution in [1.29, 1.82) is 0 Å². The molecule has 0 atom stereocenters. The van der Waals surface area contributed by atoms with E-state index in [1.165, 1.54) is 25.7 Å². The second kappa shape index (κ2) is 11.4. The fraction of sp³-hybridized carbons (Fsp3) is 0.375. The Kier molecular flexibility index (Phi) is 10.2. The first kappa shape index (κ1) is 14.3. The van der Waals surface area contributed by atoms with E-state index in [-0.39, 0.29) is 0 Å². The predicted molar refractivity (Wildman–Crippen MR) is 72.0 cm³/mol. The maximum absolute atomic E-state index is 5.10. The monoisotopic (exact) mass is 212 g/mol. The molecule has 16 heavy (non-hydrogen) atoms. The van der Waals surface area contributed by atoms with Crippen LogP contribution < -0.4 is 0 Å². The zero-order valence-electron chi connectivity index (χ0n) is 10.1. The molecule has 0 aliphatic heterocycles. The van der Waals surface area contributed by atoms with Gasteiger partial charge in [-0.15, -0.1) is 18.8 Å². The van der Waals surface area contributed by atoms with Crippen molar-refractivity contribution in [3.05, 3.63) is 35.9 Å². The first-order chi connectivity index (χ1) is 7.85. The van der Waals surface area contributed by atoms with E-state index in [0.717, 1.165) is 12.0 Å². The van der Waals surface area contributed by atoms with Crippen molar-refractivity contribution in [2.24, 2.45) is 0 Å². The summed E-state index contributed by atoms with van der Waals surface area (Å²) in [4.78, 5) is 0. The minimum Gasteiger partial charge on any atom is -0.120 e. The van der Waals surface area contributed by atoms with Gasteiger partial charge in [0.1, 0.15) is 0 Å². The van der Waals surface area contributed by atoms with Gasteiger partial charge < -0.3 is 0 Å². The Bertz CT molecular complexity index is 321. The molecule has 0 aliphatic carbocycles. The zero-order valence-corrected chi connectivity index (χ0v) is 10.1. The number of hydrogen-bond acceptors (Lipinski definition) is 0. The highest BCUT2D eigenvalue weighted by Crippen LogP contribution is 2.00. The van der Waals surface area contributed by atoms with Crippen molar-refractivity contribution in [1.82, 2.24) is 0 Å². The van der Waals surface area contributed by atoms with Crippen molar-refractivity contribution < 1.29 is 0 Å². The third-order valence-corrected chi connectivity index (χ3v) is 2.12. The van der Waals surface area contributed by atoms with Gasteiger partial charge >= 0.3 is 0 Å². The summed E-state index contributed by atoms with van der Waals surface area (Å²) in [6.07, 6.45) is 16.3. The van der Waals surface area contributed by atoms with Gasteiger partial charge in [0, 0.05) is 12.0 Å². The van der Waals surface area contributed by atoms with Crippen LogP contribution in [0.1, 0.15) is 44.6 Å². The quantitative estimate of drug-likeness (QED) is 0.517. The summed E-state index contributed by atoms with van der Waals surface area (Å²) in [7, 11) is 0. The summed E-state index contributed by atoms with van der Waals surface area (Å²) in [6.45, 7) is 2.20. The van der Waals surface area contributed by atoms with Gasteiger partial charge in [-0.2, -0.15) is 0 Å². The van der Waals surface area contributed by atoms with E-state index in [4.69, 9.17) is 12.8 Å². The van der Waals surface area contributed by atoms with Gasteiger partial charge in [0.15, 0.2) is 0 Å². The summed E-state index contributed by atoms with van der Waals surface area (Å²) in [5.41, 5.74) is 0.938. The van der Waals surface area contributed by atoms with Crippen LogP contribution in [0.25, 0.3) is 0 Å². The van der Waals surface area contributed by atoms with E-state index < -0.39 is 0 Å². The van der Waals surface area contributed by atoms with Gasteiger partial charge in [0.05, 0.1) is 0 Å². The van der Waals surface area contributed by atoms with Crippen LogP contribution in [-0.4, -0.2) is 0 Å². The summed E-state index contributed by atoms with van der Waals surface area (Å²) in [5.74, 6) is 5.15. The average molecular weight is 212 g/mol. The van der Waals surface area contributed by atoms with Gasteiger partial charge in [0.2, 0.25) is 0 Å². The summed E-state index contributed by atoms with van der Waals surface area (Å²) in [5, 5.41) is 0. The van der Waals surface area contributed by atoms with Gasteiger partial charge in [0.25, 0.3) is 0 Å². The molecular formula is C16H20. The third kappa shape index (κ3) is 8.92. The molecule has 0 heteroatoms. The van der Waals surface area contributed by atoms with Crippen molar-refractivity contribution >= 4 is 0 Å². The maximum Gasteiger partial charge on any atom is 0.0242 e. The minimum absolute atomic E-state index is 0.938. The van der Waals surface area contributed by atoms with Gasteiger partial charge in [-0.3, -0.25) is 0 Å². The summed E-state index contributed by atoms with van der Waals surface area (Å²) >= 11 is 0. The number of benzene rings is 1. The molecular weight excluding hydrogens is 192 g/mol.